The number of nitrogens with zero attached hydrogens (tertiary/aromatic N) is 3. The van der Waals surface area contributed by atoms with Crippen molar-refractivity contribution < 1.29 is 93.6 Å². The molecule has 0 saturated carbocycles. The van der Waals surface area contributed by atoms with Crippen LogP contribution in [0.1, 0.15) is 86.9 Å². The number of aliphatic hydroxyl groups excluding tert-OH is 8. The van der Waals surface area contributed by atoms with Gasteiger partial charge in [0, 0.05) is 54.6 Å². The van der Waals surface area contributed by atoms with Gasteiger partial charge in [-0.25, -0.2) is 0 Å². The number of aryl methyl sites for hydroxylation is 1. The molecular weight excluding hydrogens is 1110 g/mol. The minimum Gasteiger partial charge on any atom is -0.508 e. The standard InChI is InChI=1S/C57H73N9O19/c1-5-6-7-18-84-34-15-12-30(13-16-34)41-22-35(64-85-41)29-8-10-31(11-9-29)50(76)59-36-21-40(71)53(79)63-55(81)46-47(73)27(3)24-66(46)57(83)44(39(70)23-42(58)72)61-54(80)45(49(75)48(74)32-14-17-38(69)26(2)19-32)62-52(78)37-20-33(68)25-65(37)56(82)43(28(4)67)60-51(36)77/h8-17,19,22,27-28,33,36-37,39-40,43-49,53,67-71,73-75,79H,5-7,18,20-21,23-25H2,1-4H3,(H2,58,72)(H,59,76)(H,60,77)(H,61,80)(H,62,78)(H,63,81)/t27?,28?,33?,36-,37?,39?,40?,43?,44?,45?,46?,47?,48?,49?,53?/m0/s1. The number of nitrogens with two attached hydrogens (primary N) is 1. The number of rotatable bonds is 16. The molecule has 8 amide bonds. The van der Waals surface area contributed by atoms with Gasteiger partial charge < -0.3 is 97.3 Å². The third kappa shape index (κ3) is 15.4. The Balaban J connectivity index is 1.21. The Morgan fingerprint density at radius 2 is 1.42 bits per heavy atom. The Hall–Kier alpha value is -8.09. The number of benzene rings is 3. The summed E-state index contributed by atoms with van der Waals surface area (Å²) in [5.74, 6) is -10.3. The van der Waals surface area contributed by atoms with Gasteiger partial charge in [0.1, 0.15) is 71.8 Å². The highest BCUT2D eigenvalue weighted by Gasteiger charge is 2.51. The van der Waals surface area contributed by atoms with Gasteiger partial charge in [0.25, 0.3) is 5.91 Å². The van der Waals surface area contributed by atoms with Crippen LogP contribution in [0.5, 0.6) is 11.5 Å². The number of aromatic hydroxyl groups is 1. The van der Waals surface area contributed by atoms with Crippen molar-refractivity contribution in [1.82, 2.24) is 41.5 Å². The van der Waals surface area contributed by atoms with Gasteiger partial charge in [-0.1, -0.05) is 50.0 Å². The zero-order chi connectivity index (χ0) is 62.1. The number of ether oxygens (including phenoxy) is 1. The number of hydrogen-bond donors (Lipinski definition) is 15. The molecule has 0 radical (unpaired) electrons. The summed E-state index contributed by atoms with van der Waals surface area (Å²) in [6, 6.07) is 5.81. The fourth-order valence-electron chi connectivity index (χ4n) is 10.3. The van der Waals surface area contributed by atoms with Crippen LogP contribution in [-0.4, -0.2) is 207 Å². The minimum atomic E-state index is -2.40. The first-order valence-corrected chi connectivity index (χ1v) is 27.7. The molecule has 7 rings (SSSR count). The second kappa shape index (κ2) is 28.2. The lowest BCUT2D eigenvalue weighted by Gasteiger charge is -2.34. The van der Waals surface area contributed by atoms with Gasteiger partial charge in [0.2, 0.25) is 41.4 Å². The Morgan fingerprint density at radius 1 is 0.776 bits per heavy atom. The van der Waals surface area contributed by atoms with E-state index in [0.717, 1.165) is 37.2 Å². The Kier molecular flexibility index (Phi) is 21.4. The molecular formula is C57H73N9O19. The topological polar surface area (TPSA) is 447 Å². The molecule has 0 aliphatic carbocycles. The van der Waals surface area contributed by atoms with Gasteiger partial charge in [-0.05, 0) is 79.9 Å². The van der Waals surface area contributed by atoms with Crippen LogP contribution in [0.3, 0.4) is 0 Å². The smallest absolute Gasteiger partial charge is 0.251 e. The van der Waals surface area contributed by atoms with Gasteiger partial charge in [0.05, 0.1) is 37.4 Å². The second-order valence-corrected chi connectivity index (χ2v) is 21.7. The average Bonchev–Trinajstić information content (AvgIpc) is 2.47. The minimum absolute atomic E-state index is 0.0704. The molecule has 4 heterocycles. The first-order valence-electron chi connectivity index (χ1n) is 27.7. The Morgan fingerprint density at radius 3 is 2.07 bits per heavy atom. The molecule has 0 spiro atoms. The zero-order valence-corrected chi connectivity index (χ0v) is 47.0. The third-order valence-electron chi connectivity index (χ3n) is 15.2. The van der Waals surface area contributed by atoms with Crippen LogP contribution >= 0.6 is 0 Å². The van der Waals surface area contributed by atoms with E-state index in [1.165, 1.54) is 50.2 Å². The van der Waals surface area contributed by atoms with Crippen molar-refractivity contribution in [3.8, 4) is 34.1 Å². The van der Waals surface area contributed by atoms with Crippen LogP contribution in [0.2, 0.25) is 0 Å². The number of primary amides is 1. The maximum Gasteiger partial charge on any atom is 0.251 e. The van der Waals surface area contributed by atoms with E-state index in [1.54, 1.807) is 6.07 Å². The predicted molar refractivity (Wildman–Crippen MR) is 296 cm³/mol. The van der Waals surface area contributed by atoms with Crippen LogP contribution in [-0.2, 0) is 33.6 Å². The number of hydrogen-bond acceptors (Lipinski definition) is 20. The molecule has 1 aromatic heterocycles. The molecule has 28 nitrogen and oxygen atoms in total. The van der Waals surface area contributed by atoms with Crippen LogP contribution in [0.25, 0.3) is 22.6 Å². The lowest BCUT2D eigenvalue weighted by molar-refractivity contribution is -0.149. The van der Waals surface area contributed by atoms with Crippen molar-refractivity contribution in [2.45, 2.75) is 151 Å². The summed E-state index contributed by atoms with van der Waals surface area (Å²) in [5.41, 5.74) is 6.98. The Labute approximate surface area is 487 Å². The van der Waals surface area contributed by atoms with E-state index in [2.05, 4.69) is 38.7 Å². The molecule has 28 heteroatoms. The maximum absolute atomic E-state index is 14.6. The highest BCUT2D eigenvalue weighted by atomic mass is 16.5. The van der Waals surface area contributed by atoms with E-state index in [0.29, 0.717) is 39.8 Å². The van der Waals surface area contributed by atoms with E-state index < -0.39 is 171 Å². The third-order valence-corrected chi connectivity index (χ3v) is 15.2. The first kappa shape index (κ1) is 64.5. The van der Waals surface area contributed by atoms with Crippen molar-refractivity contribution >= 4 is 47.3 Å². The predicted octanol–water partition coefficient (Wildman–Crippen LogP) is -2.78. The summed E-state index contributed by atoms with van der Waals surface area (Å²) in [6.45, 7) is 5.47. The summed E-state index contributed by atoms with van der Waals surface area (Å²) in [4.78, 5) is 114. The van der Waals surface area contributed by atoms with Crippen molar-refractivity contribution in [1.29, 1.82) is 0 Å². The van der Waals surface area contributed by atoms with E-state index in [9.17, 15) is 84.3 Å². The molecule has 3 fully saturated rings. The van der Waals surface area contributed by atoms with E-state index in [-0.39, 0.29) is 22.4 Å². The van der Waals surface area contributed by atoms with Gasteiger partial charge >= 0.3 is 0 Å². The summed E-state index contributed by atoms with van der Waals surface area (Å²) < 4.78 is 11.4. The number of unbranched alkanes of at least 4 members (excludes halogenated alkanes) is 2. The quantitative estimate of drug-likeness (QED) is 0.0505. The molecule has 15 atom stereocenters. The molecule has 3 aromatic carbocycles. The number of nitrogens with one attached hydrogen (secondary N) is 5. The lowest BCUT2D eigenvalue weighted by Crippen LogP contribution is -2.64. The molecule has 3 aliphatic heterocycles. The average molecular weight is 1190 g/mol. The van der Waals surface area contributed by atoms with Crippen molar-refractivity contribution in [3.63, 3.8) is 0 Å². The molecule has 14 unspecified atom stereocenters. The summed E-state index contributed by atoms with van der Waals surface area (Å²) in [6.07, 6.45) is -15.9. The summed E-state index contributed by atoms with van der Waals surface area (Å²) >= 11 is 0. The van der Waals surface area contributed by atoms with E-state index in [1.807, 2.05) is 24.3 Å². The lowest BCUT2D eigenvalue weighted by atomic mass is 9.95. The van der Waals surface area contributed by atoms with Gasteiger partial charge in [-0.3, -0.25) is 38.4 Å². The van der Waals surface area contributed by atoms with Gasteiger partial charge in [-0.15, -0.1) is 0 Å². The number of phenolic OH excluding ortho intramolecular Hbond substituents is 1. The normalized spacial score (nSPS) is 27.0. The number of amides is 8. The van der Waals surface area contributed by atoms with Crippen LogP contribution in [0.15, 0.2) is 77.3 Å². The SMILES string of the molecule is CCCCCOc1ccc(-c2cc(-c3ccc(C(=O)N[C@H]4CC(O)C(O)NC(=O)C5C(O)C(C)CN5C(=O)C(C(O)CC(N)=O)NC(=O)C(C(O)C(O)c5ccc(O)c(C)c5)NC(=O)C5CC(O)CN5C(=O)C(C(C)O)NC4=O)cc3)no2)cc1. The number of aromatic nitrogens is 1. The van der Waals surface area contributed by atoms with Gasteiger partial charge in [0.15, 0.2) is 12.0 Å². The first-order chi connectivity index (χ1) is 40.3. The zero-order valence-electron chi connectivity index (χ0n) is 47.0. The second-order valence-electron chi connectivity index (χ2n) is 21.7. The van der Waals surface area contributed by atoms with Crippen molar-refractivity contribution in [2.24, 2.45) is 11.7 Å². The van der Waals surface area contributed by atoms with Crippen LogP contribution < -0.4 is 37.1 Å². The fourth-order valence-corrected chi connectivity index (χ4v) is 10.3. The maximum atomic E-state index is 14.6. The molecule has 460 valence electrons. The molecule has 3 aliphatic rings. The highest BCUT2D eigenvalue weighted by Crippen LogP contribution is 2.31. The molecule has 3 saturated heterocycles. The molecule has 0 bridgehead atoms. The fraction of sp³-hybridized carbons (Fsp3) is 0.491. The number of phenols is 1. The summed E-state index contributed by atoms with van der Waals surface area (Å²) in [5, 5.41) is 116. The van der Waals surface area contributed by atoms with Crippen LogP contribution in [0.4, 0.5) is 0 Å². The number of carbonyl (C=O) groups is 8. The largest absolute Gasteiger partial charge is 0.508 e. The highest BCUT2D eigenvalue weighted by molar-refractivity contribution is 6.00. The number of carbonyl (C=O) groups excluding carboxylic acids is 8. The molecule has 4 aromatic rings. The van der Waals surface area contributed by atoms with E-state index in [4.69, 9.17) is 15.0 Å². The molecule has 16 N–H and O–H groups in total. The van der Waals surface area contributed by atoms with Crippen molar-refractivity contribution in [3.05, 3.63) is 89.5 Å². The number of fused-ring (bicyclic) bond motifs is 2. The Bertz CT molecular complexity index is 3050. The van der Waals surface area contributed by atoms with Crippen molar-refractivity contribution in [2.75, 3.05) is 19.7 Å². The van der Waals surface area contributed by atoms with Gasteiger partial charge in [-0.2, -0.15) is 0 Å². The van der Waals surface area contributed by atoms with E-state index >= 15 is 0 Å². The summed E-state index contributed by atoms with van der Waals surface area (Å²) in [7, 11) is 0. The van der Waals surface area contributed by atoms with Crippen LogP contribution in [0, 0.1) is 12.8 Å². The monoisotopic (exact) mass is 1190 g/mol. The number of aliphatic hydroxyl groups is 8. The molecule has 85 heavy (non-hydrogen) atoms.